The van der Waals surface area contributed by atoms with Crippen LogP contribution < -0.4 is 14.8 Å². The molecule has 0 spiro atoms. The van der Waals surface area contributed by atoms with E-state index in [0.29, 0.717) is 30.2 Å². The van der Waals surface area contributed by atoms with Crippen molar-refractivity contribution in [1.29, 1.82) is 0 Å². The molecule has 2 heterocycles. The summed E-state index contributed by atoms with van der Waals surface area (Å²) >= 11 is 0. The summed E-state index contributed by atoms with van der Waals surface area (Å²) in [6.07, 6.45) is 7.01. The first-order chi connectivity index (χ1) is 15.4. The maximum absolute atomic E-state index is 12.8. The number of hydrogen-bond acceptors (Lipinski definition) is 5. The molecule has 0 unspecified atom stereocenters. The summed E-state index contributed by atoms with van der Waals surface area (Å²) in [7, 11) is 0. The van der Waals surface area contributed by atoms with Gasteiger partial charge in [0, 0.05) is 30.7 Å². The van der Waals surface area contributed by atoms with E-state index in [2.05, 4.69) is 24.1 Å². The fourth-order valence-corrected chi connectivity index (χ4v) is 4.42. The first-order valence-corrected chi connectivity index (χ1v) is 12.1. The van der Waals surface area contributed by atoms with Gasteiger partial charge in [-0.2, -0.15) is 0 Å². The summed E-state index contributed by atoms with van der Waals surface area (Å²) < 4.78 is 11.5. The maximum Gasteiger partial charge on any atom is 0.260 e. The lowest BCUT2D eigenvalue weighted by atomic mass is 9.98. The van der Waals surface area contributed by atoms with Gasteiger partial charge in [0.1, 0.15) is 0 Å². The molecule has 1 N–H and O–H groups in total. The molecule has 1 aromatic carbocycles. The van der Waals surface area contributed by atoms with Crippen molar-refractivity contribution >= 4 is 11.8 Å². The molecule has 0 saturated carbocycles. The molecule has 0 radical (unpaired) electrons. The van der Waals surface area contributed by atoms with Gasteiger partial charge in [-0.05, 0) is 84.2 Å². The number of nitrogens with one attached hydrogen (secondary N) is 1. The van der Waals surface area contributed by atoms with Crippen molar-refractivity contribution in [1.82, 2.24) is 15.1 Å². The minimum atomic E-state index is -0.132. The van der Waals surface area contributed by atoms with E-state index in [4.69, 9.17) is 9.47 Å². The maximum atomic E-state index is 12.8. The Labute approximate surface area is 192 Å². The second kappa shape index (κ2) is 11.5. The molecular formula is C25H39N3O4. The monoisotopic (exact) mass is 445 g/mol. The van der Waals surface area contributed by atoms with Crippen LogP contribution in [0.2, 0.25) is 0 Å². The number of rotatable bonds is 9. The molecule has 7 heteroatoms. The zero-order valence-electron chi connectivity index (χ0n) is 20.0. The molecule has 0 aromatic heterocycles. The second-order valence-corrected chi connectivity index (χ2v) is 9.37. The third kappa shape index (κ3) is 6.61. The lowest BCUT2D eigenvalue weighted by Gasteiger charge is -2.41. The van der Waals surface area contributed by atoms with Gasteiger partial charge in [-0.15, -0.1) is 0 Å². The van der Waals surface area contributed by atoms with Crippen LogP contribution in [0.5, 0.6) is 11.5 Å². The number of amides is 2. The topological polar surface area (TPSA) is 71.1 Å². The Balaban J connectivity index is 1.58. The van der Waals surface area contributed by atoms with Crippen molar-refractivity contribution in [3.63, 3.8) is 0 Å². The average molecular weight is 446 g/mol. The third-order valence-electron chi connectivity index (χ3n) is 6.46. The Morgan fingerprint density at radius 1 is 0.938 bits per heavy atom. The van der Waals surface area contributed by atoms with Gasteiger partial charge in [-0.1, -0.05) is 6.42 Å². The molecule has 32 heavy (non-hydrogen) atoms. The molecule has 1 aromatic rings. The summed E-state index contributed by atoms with van der Waals surface area (Å²) in [6, 6.07) is 5.15. The highest BCUT2D eigenvalue weighted by Crippen LogP contribution is 2.29. The van der Waals surface area contributed by atoms with Crippen LogP contribution in [-0.4, -0.2) is 73.1 Å². The average Bonchev–Trinajstić information content (AvgIpc) is 2.83. The fourth-order valence-electron chi connectivity index (χ4n) is 4.42. The first-order valence-electron chi connectivity index (χ1n) is 12.1. The Bertz CT molecular complexity index is 768. The minimum absolute atomic E-state index is 0.00564. The first kappa shape index (κ1) is 24.4. The predicted molar refractivity (Wildman–Crippen MR) is 125 cm³/mol. The highest BCUT2D eigenvalue weighted by Gasteiger charge is 2.28. The number of likely N-dealkylation sites (tertiary alicyclic amines) is 2. The summed E-state index contributed by atoms with van der Waals surface area (Å²) in [5, 5.41) is 3.08. The molecular weight excluding hydrogens is 406 g/mol. The van der Waals surface area contributed by atoms with Gasteiger partial charge < -0.3 is 19.7 Å². The summed E-state index contributed by atoms with van der Waals surface area (Å²) in [5.41, 5.74) is 0.439. The molecule has 2 aliphatic rings. The van der Waals surface area contributed by atoms with E-state index < -0.39 is 0 Å². The van der Waals surface area contributed by atoms with Gasteiger partial charge in [-0.3, -0.25) is 14.5 Å². The fraction of sp³-hybridized carbons (Fsp3) is 0.680. The molecule has 3 rings (SSSR count). The highest BCUT2D eigenvalue weighted by atomic mass is 16.5. The molecule has 2 fully saturated rings. The third-order valence-corrected chi connectivity index (χ3v) is 6.46. The van der Waals surface area contributed by atoms with Crippen molar-refractivity contribution in [3.05, 3.63) is 23.8 Å². The van der Waals surface area contributed by atoms with E-state index in [9.17, 15) is 9.59 Å². The van der Waals surface area contributed by atoms with Gasteiger partial charge >= 0.3 is 0 Å². The van der Waals surface area contributed by atoms with Crippen LogP contribution in [0, 0.1) is 0 Å². The number of ether oxygens (including phenoxy) is 2. The van der Waals surface area contributed by atoms with Crippen molar-refractivity contribution in [3.8, 4) is 11.5 Å². The van der Waals surface area contributed by atoms with Crippen LogP contribution in [0.4, 0.5) is 0 Å². The van der Waals surface area contributed by atoms with Crippen LogP contribution in [0.25, 0.3) is 0 Å². The summed E-state index contributed by atoms with van der Waals surface area (Å²) in [5.74, 6) is 0.838. The molecule has 2 saturated heterocycles. The van der Waals surface area contributed by atoms with Crippen molar-refractivity contribution < 1.29 is 19.1 Å². The lowest BCUT2D eigenvalue weighted by Crippen LogP contribution is -2.53. The van der Waals surface area contributed by atoms with Crippen LogP contribution in [-0.2, 0) is 4.79 Å². The van der Waals surface area contributed by atoms with E-state index in [1.54, 1.807) is 18.2 Å². The Kier molecular flexibility index (Phi) is 8.79. The lowest BCUT2D eigenvalue weighted by molar-refractivity contribution is -0.134. The van der Waals surface area contributed by atoms with Gasteiger partial charge in [0.15, 0.2) is 18.1 Å². The normalized spacial score (nSPS) is 17.7. The van der Waals surface area contributed by atoms with E-state index >= 15 is 0 Å². The number of nitrogens with zero attached hydrogens (tertiary/aromatic N) is 2. The molecule has 2 amide bonds. The van der Waals surface area contributed by atoms with Crippen LogP contribution in [0.15, 0.2) is 18.2 Å². The molecule has 2 aliphatic heterocycles. The number of hydrogen-bond donors (Lipinski definition) is 1. The van der Waals surface area contributed by atoms with Gasteiger partial charge in [-0.25, -0.2) is 0 Å². The molecule has 0 aliphatic carbocycles. The van der Waals surface area contributed by atoms with Crippen molar-refractivity contribution in [2.45, 2.75) is 64.8 Å². The Morgan fingerprint density at radius 2 is 1.59 bits per heavy atom. The largest absolute Gasteiger partial charge is 0.490 e. The van der Waals surface area contributed by atoms with Crippen LogP contribution in [0.1, 0.15) is 69.7 Å². The van der Waals surface area contributed by atoms with Gasteiger partial charge in [0.25, 0.3) is 11.8 Å². The summed E-state index contributed by atoms with van der Waals surface area (Å²) in [4.78, 5) is 29.6. The van der Waals surface area contributed by atoms with Gasteiger partial charge in [0.05, 0.1) is 6.61 Å². The van der Waals surface area contributed by atoms with E-state index in [1.165, 1.54) is 25.7 Å². The van der Waals surface area contributed by atoms with E-state index in [0.717, 1.165) is 39.0 Å². The zero-order chi connectivity index (χ0) is 23.0. The minimum Gasteiger partial charge on any atom is -0.490 e. The number of benzene rings is 1. The zero-order valence-corrected chi connectivity index (χ0v) is 20.0. The van der Waals surface area contributed by atoms with Crippen LogP contribution in [0.3, 0.4) is 0 Å². The molecule has 0 atom stereocenters. The standard InChI is InChI=1S/C25H39N3O4/c1-4-31-22-17-20(24(30)26-19-25(2,3)28-15-9-6-10-16-28)11-12-21(22)32-18-23(29)27-13-7-5-8-14-27/h11-12,17H,4-10,13-16,18-19H2,1-3H3,(H,26,30). The SMILES string of the molecule is CCOc1cc(C(=O)NCC(C)(C)N2CCCCC2)ccc1OCC(=O)N1CCCCC1. The molecule has 7 nitrogen and oxygen atoms in total. The second-order valence-electron chi connectivity index (χ2n) is 9.37. The number of carbonyl (C=O) groups is 2. The van der Waals surface area contributed by atoms with E-state index in [1.807, 2.05) is 11.8 Å². The van der Waals surface area contributed by atoms with Crippen molar-refractivity contribution in [2.75, 3.05) is 45.9 Å². The smallest absolute Gasteiger partial charge is 0.260 e. The quantitative estimate of drug-likeness (QED) is 0.630. The predicted octanol–water partition coefficient (Wildman–Crippen LogP) is 3.47. The number of carbonyl (C=O) groups excluding carboxylic acids is 2. The van der Waals surface area contributed by atoms with Crippen LogP contribution >= 0.6 is 0 Å². The molecule has 0 bridgehead atoms. The Morgan fingerprint density at radius 3 is 2.25 bits per heavy atom. The highest BCUT2D eigenvalue weighted by molar-refractivity contribution is 5.95. The summed E-state index contributed by atoms with van der Waals surface area (Å²) in [6.45, 7) is 11.0. The molecule has 178 valence electrons. The van der Waals surface area contributed by atoms with E-state index in [-0.39, 0.29) is 24.0 Å². The number of piperidine rings is 2. The van der Waals surface area contributed by atoms with Gasteiger partial charge in [0.2, 0.25) is 0 Å². The Hall–Kier alpha value is -2.28. The van der Waals surface area contributed by atoms with Crippen molar-refractivity contribution in [2.24, 2.45) is 0 Å².